The number of rotatable bonds is 6. The van der Waals surface area contributed by atoms with Gasteiger partial charge in [0, 0.05) is 46.1 Å². The number of nitrogens with zero attached hydrogens (tertiary/aromatic N) is 5. The first-order chi connectivity index (χ1) is 21.2. The Morgan fingerprint density at radius 2 is 2.07 bits per heavy atom. The number of nitrogen functional groups attached to an aromatic ring is 1. The number of fused-ring (bicyclic) bond motifs is 2. The molecule has 2 N–H and O–H groups in total. The zero-order chi connectivity index (χ0) is 31.2. The van der Waals surface area contributed by atoms with Gasteiger partial charge >= 0.3 is 12.0 Å². The lowest BCUT2D eigenvalue weighted by Gasteiger charge is -2.31. The van der Waals surface area contributed by atoms with Gasteiger partial charge in [0.15, 0.2) is 5.82 Å². The Morgan fingerprint density at radius 3 is 2.84 bits per heavy atom. The van der Waals surface area contributed by atoms with Crippen molar-refractivity contribution in [1.29, 1.82) is 5.26 Å². The lowest BCUT2D eigenvalue weighted by molar-refractivity contribution is -0.145. The predicted molar refractivity (Wildman–Crippen MR) is 172 cm³/mol. The summed E-state index contributed by atoms with van der Waals surface area (Å²) in [5, 5.41) is 10.4. The molecule has 44 heavy (non-hydrogen) atoms. The van der Waals surface area contributed by atoms with E-state index in [9.17, 15) is 14.4 Å². The number of anilines is 2. The van der Waals surface area contributed by atoms with Crippen molar-refractivity contribution in [2.24, 2.45) is 5.92 Å². The van der Waals surface area contributed by atoms with E-state index in [0.717, 1.165) is 19.4 Å². The van der Waals surface area contributed by atoms with E-state index in [-0.39, 0.29) is 57.4 Å². The summed E-state index contributed by atoms with van der Waals surface area (Å²) in [7, 11) is 1.38. The van der Waals surface area contributed by atoms with Crippen molar-refractivity contribution < 1.29 is 23.0 Å². The zero-order valence-corrected chi connectivity index (χ0v) is 27.1. The largest absolute Gasteiger partial charge is 0.469 e. The number of aromatic nitrogens is 2. The van der Waals surface area contributed by atoms with E-state index in [1.165, 1.54) is 7.11 Å². The fourth-order valence-electron chi connectivity index (χ4n) is 7.01. The van der Waals surface area contributed by atoms with Crippen LogP contribution < -0.4 is 15.4 Å². The van der Waals surface area contributed by atoms with Gasteiger partial charge in [-0.2, -0.15) is 15.2 Å². The minimum atomic E-state index is -0.927. The second kappa shape index (κ2) is 12.4. The fraction of sp³-hybridized carbons (Fsp3) is 0.484. The van der Waals surface area contributed by atoms with Gasteiger partial charge in [-0.3, -0.25) is 9.69 Å². The maximum absolute atomic E-state index is 16.7. The quantitative estimate of drug-likeness (QED) is 0.188. The summed E-state index contributed by atoms with van der Waals surface area (Å²) in [5.41, 5.74) is 6.26. The number of nitrogens with two attached hydrogens (primary N) is 1. The molecule has 1 aromatic heterocycles. The van der Waals surface area contributed by atoms with Crippen molar-refractivity contribution in [2.75, 3.05) is 50.5 Å². The Hall–Kier alpha value is -3.02. The molecule has 232 valence electrons. The second-order valence-electron chi connectivity index (χ2n) is 11.8. The fourth-order valence-corrected chi connectivity index (χ4v) is 8.02. The van der Waals surface area contributed by atoms with Crippen LogP contribution in [-0.2, 0) is 9.53 Å². The van der Waals surface area contributed by atoms with Crippen molar-refractivity contribution in [3.05, 3.63) is 38.2 Å². The molecule has 3 fully saturated rings. The Labute approximate surface area is 272 Å². The van der Waals surface area contributed by atoms with Crippen LogP contribution in [0.5, 0.6) is 6.01 Å². The van der Waals surface area contributed by atoms with Crippen molar-refractivity contribution >= 4 is 62.6 Å². The maximum Gasteiger partial charge on any atom is 0.319 e. The maximum atomic E-state index is 16.7. The molecule has 0 saturated carbocycles. The van der Waals surface area contributed by atoms with E-state index in [4.69, 9.17) is 31.8 Å². The summed E-state index contributed by atoms with van der Waals surface area (Å²) < 4.78 is 43.0. The third-order valence-corrected chi connectivity index (χ3v) is 10.4. The number of esters is 1. The molecular weight excluding hydrogens is 705 g/mol. The lowest BCUT2D eigenvalue weighted by atomic mass is 9.95. The second-order valence-corrected chi connectivity index (χ2v) is 13.3. The monoisotopic (exact) mass is 736 g/mol. The number of ether oxygens (including phenoxy) is 2. The number of benzene rings is 2. The summed E-state index contributed by atoms with van der Waals surface area (Å²) in [5.74, 6) is -0.802. The summed E-state index contributed by atoms with van der Waals surface area (Å²) >= 11 is 8.81. The molecule has 0 amide bonds. The van der Waals surface area contributed by atoms with E-state index < -0.39 is 17.5 Å². The van der Waals surface area contributed by atoms with Gasteiger partial charge in [0.2, 0.25) is 0 Å². The lowest BCUT2D eigenvalue weighted by Crippen LogP contribution is -2.43. The molecule has 3 aromatic rings. The first-order valence-electron chi connectivity index (χ1n) is 14.7. The van der Waals surface area contributed by atoms with Crippen molar-refractivity contribution in [3.63, 3.8) is 0 Å². The van der Waals surface area contributed by atoms with Gasteiger partial charge in [0.05, 0.1) is 34.8 Å². The van der Waals surface area contributed by atoms with Gasteiger partial charge in [-0.05, 0) is 79.4 Å². The topological polar surface area (TPSA) is 118 Å². The minimum Gasteiger partial charge on any atom is -0.469 e. The molecule has 3 aliphatic heterocycles. The van der Waals surface area contributed by atoms with Crippen LogP contribution in [-0.4, -0.2) is 72.4 Å². The van der Waals surface area contributed by atoms with Crippen LogP contribution in [0.2, 0.25) is 5.02 Å². The normalized spacial score (nSPS) is 23.8. The average Bonchev–Trinajstić information content (AvgIpc) is 3.41. The molecule has 4 heterocycles. The number of carbonyl (C=O) groups excluding carboxylic acids is 1. The van der Waals surface area contributed by atoms with Crippen LogP contribution in [0.3, 0.4) is 0 Å². The van der Waals surface area contributed by atoms with Crippen LogP contribution in [0.25, 0.3) is 22.0 Å². The van der Waals surface area contributed by atoms with E-state index in [1.807, 2.05) is 27.5 Å². The summed E-state index contributed by atoms with van der Waals surface area (Å²) in [6, 6.07) is 6.97. The zero-order valence-electron chi connectivity index (χ0n) is 24.2. The highest BCUT2D eigenvalue weighted by atomic mass is 127. The molecule has 3 aliphatic rings. The first kappa shape index (κ1) is 31.0. The Kier molecular flexibility index (Phi) is 8.73. The third kappa shape index (κ3) is 5.51. The highest BCUT2D eigenvalue weighted by Crippen LogP contribution is 2.44. The van der Waals surface area contributed by atoms with Crippen LogP contribution in [0.4, 0.5) is 20.3 Å². The van der Waals surface area contributed by atoms with Crippen molar-refractivity contribution in [3.8, 4) is 23.2 Å². The van der Waals surface area contributed by atoms with E-state index in [0.29, 0.717) is 60.1 Å². The first-order valence-corrected chi connectivity index (χ1v) is 16.1. The molecule has 0 spiro atoms. The molecule has 2 aromatic carbocycles. The number of hydrogen-bond donors (Lipinski definition) is 1. The molecule has 6 rings (SSSR count). The predicted octanol–water partition coefficient (Wildman–Crippen LogP) is 5.88. The van der Waals surface area contributed by atoms with Gasteiger partial charge in [0.1, 0.15) is 30.2 Å². The Morgan fingerprint density at radius 1 is 1.25 bits per heavy atom. The van der Waals surface area contributed by atoms with Crippen LogP contribution >= 0.6 is 34.2 Å². The van der Waals surface area contributed by atoms with Crippen LogP contribution in [0.15, 0.2) is 18.2 Å². The molecule has 0 bridgehead atoms. The van der Waals surface area contributed by atoms with E-state index in [1.54, 1.807) is 18.2 Å². The molecule has 3 atom stereocenters. The number of methoxy groups -OCH3 is 1. The molecule has 0 radical (unpaired) electrons. The molecule has 9 nitrogen and oxygen atoms in total. The molecule has 1 unspecified atom stereocenters. The third-order valence-electron chi connectivity index (χ3n) is 9.18. The summed E-state index contributed by atoms with van der Waals surface area (Å²) in [4.78, 5) is 25.7. The summed E-state index contributed by atoms with van der Waals surface area (Å²) in [6.45, 7) is 2.39. The SMILES string of the molecule is COC(=O)C1CCCN(c2nc(OC[C@@]34CCCN3C[C@H](F)C4)nc3c(F)c(-c4c(I)ccc(N)c4C#N)c(Cl)cc23)CC1. The van der Waals surface area contributed by atoms with Crippen molar-refractivity contribution in [2.45, 2.75) is 50.2 Å². The van der Waals surface area contributed by atoms with Gasteiger partial charge in [-0.1, -0.05) is 11.6 Å². The Balaban J connectivity index is 1.47. The average molecular weight is 737 g/mol. The number of hydrogen-bond acceptors (Lipinski definition) is 9. The highest BCUT2D eigenvalue weighted by Gasteiger charge is 2.49. The van der Waals surface area contributed by atoms with E-state index >= 15 is 4.39 Å². The molecule has 13 heteroatoms. The van der Waals surface area contributed by atoms with Gasteiger partial charge < -0.3 is 20.1 Å². The highest BCUT2D eigenvalue weighted by molar-refractivity contribution is 14.1. The minimum absolute atomic E-state index is 0.0151. The molecule has 3 saturated heterocycles. The molecular formula is C31H32ClF2IN6O3. The Bertz CT molecular complexity index is 1670. The number of carbonyl (C=O) groups is 1. The number of nitriles is 1. The number of halogens is 4. The van der Waals surface area contributed by atoms with E-state index in [2.05, 4.69) is 16.0 Å². The van der Waals surface area contributed by atoms with Gasteiger partial charge in [-0.15, -0.1) is 0 Å². The smallest absolute Gasteiger partial charge is 0.319 e. The van der Waals surface area contributed by atoms with Gasteiger partial charge in [-0.25, -0.2) is 8.78 Å². The van der Waals surface area contributed by atoms with Crippen LogP contribution in [0, 0.1) is 26.6 Å². The van der Waals surface area contributed by atoms with Crippen LogP contribution in [0.1, 0.15) is 44.1 Å². The van der Waals surface area contributed by atoms with Gasteiger partial charge in [0.25, 0.3) is 0 Å². The number of alkyl halides is 1. The summed E-state index contributed by atoms with van der Waals surface area (Å²) in [6.07, 6.45) is 3.07. The van der Waals surface area contributed by atoms with Crippen molar-refractivity contribution in [1.82, 2.24) is 14.9 Å². The standard InChI is InChI=1S/C31H32ClF2IN6O3/c1-43-29(42)17-4-2-9-40(11-7-17)28-19-12-21(32)25(24-20(14-36)23(37)6-5-22(24)35)26(34)27(19)38-30(39-28)44-16-31-8-3-10-41(31)15-18(33)13-31/h5-6,12,17-18H,2-4,7-11,13,15-16,37H2,1H3/t17?,18-,31+/m1/s1. The molecule has 0 aliphatic carbocycles.